The Morgan fingerprint density at radius 3 is 2.66 bits per heavy atom. The first-order valence-electron chi connectivity index (χ1n) is 9.89. The van der Waals surface area contributed by atoms with Crippen LogP contribution in [0, 0.1) is 0 Å². The largest absolute Gasteiger partial charge is 0.497 e. The van der Waals surface area contributed by atoms with Crippen molar-refractivity contribution < 1.29 is 14.6 Å². The van der Waals surface area contributed by atoms with Crippen LogP contribution in [0.25, 0.3) is 0 Å². The number of rotatable bonds is 11. The highest BCUT2D eigenvalue weighted by Crippen LogP contribution is 2.18. The number of aliphatic hydroxyl groups is 1. The molecule has 1 unspecified atom stereocenters. The highest BCUT2D eigenvalue weighted by atomic mass is 16.5. The molecule has 3 N–H and O–H groups in total. The number of aromatic nitrogens is 2. The summed E-state index contributed by atoms with van der Waals surface area (Å²) in [5.74, 6) is 1.46. The highest BCUT2D eigenvalue weighted by molar-refractivity contribution is 5.79. The van der Waals surface area contributed by atoms with E-state index in [2.05, 4.69) is 20.7 Å². The molecule has 8 heteroatoms. The first-order chi connectivity index (χ1) is 13.9. The number of aliphatic imine (C=N–C) groups is 1. The molecule has 1 atom stereocenters. The third-order valence-electron chi connectivity index (χ3n) is 4.47. The summed E-state index contributed by atoms with van der Waals surface area (Å²) in [6.45, 7) is 6.69. The topological polar surface area (TPSA) is 92.9 Å². The van der Waals surface area contributed by atoms with E-state index < -0.39 is 5.60 Å². The predicted octanol–water partition coefficient (Wildman–Crippen LogP) is 1.80. The SMILES string of the molecule is CCOCCCNC(=NCc1ccc(OC)cc1)NCC(C)(O)c1cnn(C)c1. The molecule has 0 saturated carbocycles. The van der Waals surface area contributed by atoms with Crippen molar-refractivity contribution in [3.8, 4) is 5.75 Å². The molecule has 29 heavy (non-hydrogen) atoms. The fourth-order valence-corrected chi connectivity index (χ4v) is 2.66. The Bertz CT molecular complexity index is 756. The Kier molecular flexibility index (Phi) is 8.95. The number of nitrogens with one attached hydrogen (secondary N) is 2. The van der Waals surface area contributed by atoms with E-state index in [-0.39, 0.29) is 0 Å². The van der Waals surface area contributed by atoms with Gasteiger partial charge in [0.2, 0.25) is 0 Å². The number of nitrogens with zero attached hydrogens (tertiary/aromatic N) is 3. The molecule has 1 heterocycles. The molecule has 0 aliphatic carbocycles. The van der Waals surface area contributed by atoms with Crippen LogP contribution in [0.2, 0.25) is 0 Å². The normalized spacial score (nSPS) is 13.8. The lowest BCUT2D eigenvalue weighted by atomic mass is 10.00. The number of hydrogen-bond donors (Lipinski definition) is 3. The van der Waals surface area contributed by atoms with Gasteiger partial charge in [-0.15, -0.1) is 0 Å². The third kappa shape index (κ3) is 7.75. The zero-order chi connectivity index (χ0) is 21.1. The molecule has 0 bridgehead atoms. The maximum Gasteiger partial charge on any atom is 0.191 e. The summed E-state index contributed by atoms with van der Waals surface area (Å²) >= 11 is 0. The molecule has 0 amide bonds. The maximum absolute atomic E-state index is 10.8. The van der Waals surface area contributed by atoms with Crippen molar-refractivity contribution in [2.24, 2.45) is 12.0 Å². The van der Waals surface area contributed by atoms with Crippen molar-refractivity contribution >= 4 is 5.96 Å². The van der Waals surface area contributed by atoms with Gasteiger partial charge in [0.15, 0.2) is 5.96 Å². The molecular weight excluding hydrogens is 370 g/mol. The number of methoxy groups -OCH3 is 1. The van der Waals surface area contributed by atoms with Crippen molar-refractivity contribution in [2.75, 3.05) is 33.4 Å². The minimum atomic E-state index is -1.07. The lowest BCUT2D eigenvalue weighted by Gasteiger charge is -2.24. The number of guanidine groups is 1. The smallest absolute Gasteiger partial charge is 0.191 e. The van der Waals surface area contributed by atoms with Crippen molar-refractivity contribution in [1.82, 2.24) is 20.4 Å². The van der Waals surface area contributed by atoms with Crippen LogP contribution in [0.1, 0.15) is 31.4 Å². The Hall–Kier alpha value is -2.58. The Balaban J connectivity index is 1.98. The van der Waals surface area contributed by atoms with Crippen LogP contribution in [0.4, 0.5) is 0 Å². The van der Waals surface area contributed by atoms with E-state index in [1.165, 1.54) is 0 Å². The van der Waals surface area contributed by atoms with E-state index in [1.807, 2.05) is 44.4 Å². The van der Waals surface area contributed by atoms with Crippen LogP contribution in [-0.4, -0.2) is 54.3 Å². The minimum absolute atomic E-state index is 0.304. The van der Waals surface area contributed by atoms with Crippen molar-refractivity contribution in [1.29, 1.82) is 0 Å². The first-order valence-corrected chi connectivity index (χ1v) is 9.89. The van der Waals surface area contributed by atoms with Gasteiger partial charge in [0, 0.05) is 38.6 Å². The van der Waals surface area contributed by atoms with Crippen LogP contribution in [0.3, 0.4) is 0 Å². The van der Waals surface area contributed by atoms with Crippen LogP contribution < -0.4 is 15.4 Å². The summed E-state index contributed by atoms with van der Waals surface area (Å²) in [4.78, 5) is 4.65. The molecule has 160 valence electrons. The summed E-state index contributed by atoms with van der Waals surface area (Å²) in [5, 5.41) is 21.5. The monoisotopic (exact) mass is 403 g/mol. The Morgan fingerprint density at radius 1 is 1.28 bits per heavy atom. The van der Waals surface area contributed by atoms with E-state index in [4.69, 9.17) is 9.47 Å². The van der Waals surface area contributed by atoms with E-state index in [0.29, 0.717) is 32.3 Å². The maximum atomic E-state index is 10.8. The summed E-state index contributed by atoms with van der Waals surface area (Å²) in [6.07, 6.45) is 4.35. The summed E-state index contributed by atoms with van der Waals surface area (Å²) in [7, 11) is 3.48. The average Bonchev–Trinajstić information content (AvgIpc) is 3.17. The van der Waals surface area contributed by atoms with E-state index >= 15 is 0 Å². The fraction of sp³-hybridized carbons (Fsp3) is 0.524. The molecule has 2 aromatic rings. The van der Waals surface area contributed by atoms with Crippen LogP contribution in [0.5, 0.6) is 5.75 Å². The second-order valence-corrected chi connectivity index (χ2v) is 7.02. The van der Waals surface area contributed by atoms with Crippen molar-refractivity contribution in [3.63, 3.8) is 0 Å². The minimum Gasteiger partial charge on any atom is -0.497 e. The molecule has 0 radical (unpaired) electrons. The molecule has 0 aliphatic heterocycles. The van der Waals surface area contributed by atoms with Gasteiger partial charge in [-0.1, -0.05) is 12.1 Å². The lowest BCUT2D eigenvalue weighted by Crippen LogP contribution is -2.45. The van der Waals surface area contributed by atoms with E-state index in [1.54, 1.807) is 24.9 Å². The zero-order valence-corrected chi connectivity index (χ0v) is 17.8. The summed E-state index contributed by atoms with van der Waals surface area (Å²) in [5.41, 5.74) is 0.751. The zero-order valence-electron chi connectivity index (χ0n) is 17.8. The second-order valence-electron chi connectivity index (χ2n) is 7.02. The van der Waals surface area contributed by atoms with Gasteiger partial charge in [0.25, 0.3) is 0 Å². The van der Waals surface area contributed by atoms with Crippen molar-refractivity contribution in [3.05, 3.63) is 47.8 Å². The van der Waals surface area contributed by atoms with Gasteiger partial charge in [-0.2, -0.15) is 5.10 Å². The highest BCUT2D eigenvalue weighted by Gasteiger charge is 2.25. The van der Waals surface area contributed by atoms with Gasteiger partial charge < -0.3 is 25.2 Å². The quantitative estimate of drug-likeness (QED) is 0.301. The van der Waals surface area contributed by atoms with Gasteiger partial charge >= 0.3 is 0 Å². The van der Waals surface area contributed by atoms with E-state index in [9.17, 15) is 5.11 Å². The average molecular weight is 404 g/mol. The van der Waals surface area contributed by atoms with Gasteiger partial charge in [0.05, 0.1) is 26.4 Å². The molecule has 0 saturated heterocycles. The molecule has 1 aromatic heterocycles. The molecule has 8 nitrogen and oxygen atoms in total. The number of hydrogen-bond acceptors (Lipinski definition) is 5. The molecule has 0 spiro atoms. The Morgan fingerprint density at radius 2 is 2.03 bits per heavy atom. The van der Waals surface area contributed by atoms with Crippen LogP contribution in [0.15, 0.2) is 41.7 Å². The second kappa shape index (κ2) is 11.4. The number of aryl methyl sites for hydroxylation is 1. The van der Waals surface area contributed by atoms with Crippen LogP contribution >= 0.6 is 0 Å². The van der Waals surface area contributed by atoms with Gasteiger partial charge in [-0.05, 0) is 38.0 Å². The molecule has 1 aromatic carbocycles. The van der Waals surface area contributed by atoms with Crippen LogP contribution in [-0.2, 0) is 23.9 Å². The first kappa shape index (κ1) is 22.7. The molecular formula is C21H33N5O3. The predicted molar refractivity (Wildman–Crippen MR) is 114 cm³/mol. The van der Waals surface area contributed by atoms with Gasteiger partial charge in [0.1, 0.15) is 11.4 Å². The molecule has 0 fully saturated rings. The number of benzene rings is 1. The van der Waals surface area contributed by atoms with Gasteiger partial charge in [-0.3, -0.25) is 4.68 Å². The third-order valence-corrected chi connectivity index (χ3v) is 4.47. The Labute approximate surface area is 172 Å². The fourth-order valence-electron chi connectivity index (χ4n) is 2.66. The van der Waals surface area contributed by atoms with Crippen molar-refractivity contribution in [2.45, 2.75) is 32.4 Å². The molecule has 2 rings (SSSR count). The lowest BCUT2D eigenvalue weighted by molar-refractivity contribution is 0.0616. The standard InChI is InChI=1S/C21H33N5O3/c1-5-29-12-6-11-22-20(23-13-17-7-9-19(28-4)10-8-17)24-16-21(2,27)18-14-25-26(3)15-18/h7-10,14-15,27H,5-6,11-13,16H2,1-4H3,(H2,22,23,24). The molecule has 0 aliphatic rings. The van der Waals surface area contributed by atoms with Gasteiger partial charge in [-0.25, -0.2) is 4.99 Å². The summed E-state index contributed by atoms with van der Waals surface area (Å²) < 4.78 is 12.2. The number of ether oxygens (including phenoxy) is 2. The van der Waals surface area contributed by atoms with E-state index in [0.717, 1.165) is 29.8 Å². The summed E-state index contributed by atoms with van der Waals surface area (Å²) in [6, 6.07) is 7.81.